The second-order valence-corrected chi connectivity index (χ2v) is 5.69. The summed E-state index contributed by atoms with van der Waals surface area (Å²) in [6, 6.07) is 7.71. The molecule has 4 heteroatoms. The maximum atomic E-state index is 5.96. The van der Waals surface area contributed by atoms with Gasteiger partial charge < -0.3 is 15.8 Å². The van der Waals surface area contributed by atoms with Crippen molar-refractivity contribution in [2.75, 3.05) is 19.0 Å². The van der Waals surface area contributed by atoms with Crippen LogP contribution in [0.5, 0.6) is 5.75 Å². The molecule has 0 saturated heterocycles. The number of aliphatic imine (C=N–C) groups is 1. The van der Waals surface area contributed by atoms with E-state index in [2.05, 4.69) is 17.2 Å². The highest BCUT2D eigenvalue weighted by molar-refractivity contribution is 5.93. The fourth-order valence-electron chi connectivity index (χ4n) is 2.88. The number of anilines is 1. The fourth-order valence-corrected chi connectivity index (χ4v) is 2.88. The maximum absolute atomic E-state index is 5.96. The van der Waals surface area contributed by atoms with E-state index in [1.54, 1.807) is 7.11 Å². The highest BCUT2D eigenvalue weighted by Crippen LogP contribution is 2.28. The third kappa shape index (κ3) is 4.15. The summed E-state index contributed by atoms with van der Waals surface area (Å²) in [4.78, 5) is 4.48. The molecule has 0 aliphatic heterocycles. The van der Waals surface area contributed by atoms with Crippen molar-refractivity contribution in [3.63, 3.8) is 0 Å². The quantitative estimate of drug-likeness (QED) is 0.655. The molecule has 0 heterocycles. The molecule has 110 valence electrons. The van der Waals surface area contributed by atoms with Gasteiger partial charge >= 0.3 is 0 Å². The summed E-state index contributed by atoms with van der Waals surface area (Å²) in [5.41, 5.74) is 6.82. The first kappa shape index (κ1) is 14.7. The van der Waals surface area contributed by atoms with Crippen LogP contribution in [0.15, 0.2) is 29.3 Å². The largest absolute Gasteiger partial charge is 0.495 e. The van der Waals surface area contributed by atoms with Gasteiger partial charge in [0.2, 0.25) is 0 Å². The second kappa shape index (κ2) is 7.17. The first-order valence-electron chi connectivity index (χ1n) is 7.39. The lowest BCUT2D eigenvalue weighted by Crippen LogP contribution is -2.25. The standard InChI is InChI=1S/C16H25N3O/c1-12-6-5-7-13(10-12)11-18-16(17)19-14-8-3-4-9-15(14)20-2/h3-4,8-9,12-13H,5-7,10-11H2,1-2H3,(H3,17,18,19). The van der Waals surface area contributed by atoms with Crippen LogP contribution in [0, 0.1) is 11.8 Å². The molecule has 4 nitrogen and oxygen atoms in total. The van der Waals surface area contributed by atoms with Gasteiger partial charge in [0.05, 0.1) is 12.8 Å². The summed E-state index contributed by atoms with van der Waals surface area (Å²) < 4.78 is 5.28. The minimum absolute atomic E-state index is 0.465. The molecule has 2 unspecified atom stereocenters. The molecule has 1 saturated carbocycles. The Balaban J connectivity index is 1.90. The van der Waals surface area contributed by atoms with Crippen LogP contribution < -0.4 is 15.8 Å². The average Bonchev–Trinajstić information content (AvgIpc) is 2.46. The van der Waals surface area contributed by atoms with E-state index in [9.17, 15) is 0 Å². The predicted molar refractivity (Wildman–Crippen MR) is 84.2 cm³/mol. The molecule has 0 spiro atoms. The number of nitrogens with zero attached hydrogens (tertiary/aromatic N) is 1. The van der Waals surface area contributed by atoms with Crippen LogP contribution in [0.1, 0.15) is 32.6 Å². The zero-order valence-corrected chi connectivity index (χ0v) is 12.4. The summed E-state index contributed by atoms with van der Waals surface area (Å²) >= 11 is 0. The van der Waals surface area contributed by atoms with Crippen molar-refractivity contribution < 1.29 is 4.74 Å². The Labute approximate surface area is 121 Å². The van der Waals surface area contributed by atoms with Gasteiger partial charge in [-0.1, -0.05) is 31.9 Å². The van der Waals surface area contributed by atoms with Gasteiger partial charge in [-0.05, 0) is 36.8 Å². The van der Waals surface area contributed by atoms with E-state index in [0.717, 1.165) is 23.9 Å². The maximum Gasteiger partial charge on any atom is 0.193 e. The van der Waals surface area contributed by atoms with Gasteiger partial charge in [-0.3, -0.25) is 4.99 Å². The number of rotatable bonds is 4. The van der Waals surface area contributed by atoms with Crippen molar-refractivity contribution in [3.8, 4) is 5.75 Å². The predicted octanol–water partition coefficient (Wildman–Crippen LogP) is 3.25. The Bertz CT molecular complexity index is 459. The topological polar surface area (TPSA) is 59.6 Å². The molecule has 0 aromatic heterocycles. The molecule has 0 amide bonds. The number of nitrogens with two attached hydrogens (primary N) is 1. The number of benzene rings is 1. The van der Waals surface area contributed by atoms with Crippen molar-refractivity contribution in [3.05, 3.63) is 24.3 Å². The zero-order valence-electron chi connectivity index (χ0n) is 12.4. The number of methoxy groups -OCH3 is 1. The molecular formula is C16H25N3O. The average molecular weight is 275 g/mol. The first-order chi connectivity index (χ1) is 9.69. The number of hydrogen-bond donors (Lipinski definition) is 2. The third-order valence-electron chi connectivity index (χ3n) is 3.93. The molecule has 1 fully saturated rings. The third-order valence-corrected chi connectivity index (χ3v) is 3.93. The Morgan fingerprint density at radius 2 is 2.20 bits per heavy atom. The van der Waals surface area contributed by atoms with Crippen molar-refractivity contribution in [2.24, 2.45) is 22.6 Å². The first-order valence-corrected chi connectivity index (χ1v) is 7.39. The molecule has 20 heavy (non-hydrogen) atoms. The Kier molecular flexibility index (Phi) is 5.27. The highest BCUT2D eigenvalue weighted by Gasteiger charge is 2.18. The Morgan fingerprint density at radius 1 is 1.40 bits per heavy atom. The van der Waals surface area contributed by atoms with E-state index in [1.165, 1.54) is 25.7 Å². The number of ether oxygens (including phenoxy) is 1. The smallest absolute Gasteiger partial charge is 0.193 e. The summed E-state index contributed by atoms with van der Waals surface area (Å²) in [6.45, 7) is 3.14. The molecule has 0 radical (unpaired) electrons. The zero-order chi connectivity index (χ0) is 14.4. The van der Waals surface area contributed by atoms with E-state index < -0.39 is 0 Å². The SMILES string of the molecule is COc1ccccc1NC(N)=NCC1CCCC(C)C1. The van der Waals surface area contributed by atoms with Gasteiger partial charge in [0.1, 0.15) is 5.75 Å². The van der Waals surface area contributed by atoms with Crippen LogP contribution in [0.25, 0.3) is 0 Å². The van der Waals surface area contributed by atoms with Crippen molar-refractivity contribution >= 4 is 11.6 Å². The van der Waals surface area contributed by atoms with Gasteiger partial charge in [-0.15, -0.1) is 0 Å². The van der Waals surface area contributed by atoms with Crippen LogP contribution >= 0.6 is 0 Å². The molecule has 1 aliphatic rings. The summed E-state index contributed by atoms with van der Waals surface area (Å²) in [6.07, 6.45) is 5.22. The van der Waals surface area contributed by atoms with Crippen molar-refractivity contribution in [1.29, 1.82) is 0 Å². The summed E-state index contributed by atoms with van der Waals surface area (Å²) in [5, 5.41) is 3.11. The molecular weight excluding hydrogens is 250 g/mol. The van der Waals surface area contributed by atoms with E-state index in [0.29, 0.717) is 11.9 Å². The van der Waals surface area contributed by atoms with Crippen molar-refractivity contribution in [1.82, 2.24) is 0 Å². The van der Waals surface area contributed by atoms with E-state index in [1.807, 2.05) is 24.3 Å². The van der Waals surface area contributed by atoms with Gasteiger partial charge in [0.15, 0.2) is 5.96 Å². The van der Waals surface area contributed by atoms with Crippen LogP contribution in [-0.2, 0) is 0 Å². The van der Waals surface area contributed by atoms with E-state index in [4.69, 9.17) is 10.5 Å². The number of hydrogen-bond acceptors (Lipinski definition) is 2. The number of para-hydroxylation sites is 2. The highest BCUT2D eigenvalue weighted by atomic mass is 16.5. The normalized spacial score (nSPS) is 23.4. The molecule has 1 aromatic carbocycles. The number of nitrogens with one attached hydrogen (secondary N) is 1. The minimum atomic E-state index is 0.465. The summed E-state index contributed by atoms with van der Waals surface area (Å²) in [5.74, 6) is 2.74. The minimum Gasteiger partial charge on any atom is -0.495 e. The van der Waals surface area contributed by atoms with Crippen LogP contribution in [0.4, 0.5) is 5.69 Å². The molecule has 2 rings (SSSR count). The molecule has 2 atom stereocenters. The van der Waals surface area contributed by atoms with Crippen LogP contribution in [-0.4, -0.2) is 19.6 Å². The van der Waals surface area contributed by atoms with Gasteiger partial charge in [0.25, 0.3) is 0 Å². The van der Waals surface area contributed by atoms with Crippen molar-refractivity contribution in [2.45, 2.75) is 32.6 Å². The molecule has 0 bridgehead atoms. The Hall–Kier alpha value is -1.71. The lowest BCUT2D eigenvalue weighted by molar-refractivity contribution is 0.289. The Morgan fingerprint density at radius 3 is 2.95 bits per heavy atom. The molecule has 1 aliphatic carbocycles. The summed E-state index contributed by atoms with van der Waals surface area (Å²) in [7, 11) is 1.65. The van der Waals surface area contributed by atoms with E-state index in [-0.39, 0.29) is 0 Å². The van der Waals surface area contributed by atoms with Gasteiger partial charge in [-0.25, -0.2) is 0 Å². The fraction of sp³-hybridized carbons (Fsp3) is 0.562. The van der Waals surface area contributed by atoms with Gasteiger partial charge in [0, 0.05) is 6.54 Å². The molecule has 1 aromatic rings. The lowest BCUT2D eigenvalue weighted by atomic mass is 9.82. The monoisotopic (exact) mass is 275 g/mol. The lowest BCUT2D eigenvalue weighted by Gasteiger charge is -2.25. The second-order valence-electron chi connectivity index (χ2n) is 5.69. The van der Waals surface area contributed by atoms with Gasteiger partial charge in [-0.2, -0.15) is 0 Å². The van der Waals surface area contributed by atoms with Crippen LogP contribution in [0.2, 0.25) is 0 Å². The number of guanidine groups is 1. The molecule has 3 N–H and O–H groups in total. The van der Waals surface area contributed by atoms with E-state index >= 15 is 0 Å². The van der Waals surface area contributed by atoms with Crippen LogP contribution in [0.3, 0.4) is 0 Å².